The number of rotatable bonds is 4. The van der Waals surface area contributed by atoms with Crippen LogP contribution >= 0.6 is 15.9 Å². The molecule has 25 heavy (non-hydrogen) atoms. The van der Waals surface area contributed by atoms with Crippen LogP contribution in [0.15, 0.2) is 34.8 Å². The third-order valence-electron chi connectivity index (χ3n) is 4.85. The van der Waals surface area contributed by atoms with Gasteiger partial charge in [-0.15, -0.1) is 0 Å². The van der Waals surface area contributed by atoms with Crippen molar-refractivity contribution in [1.82, 2.24) is 4.90 Å². The van der Waals surface area contributed by atoms with Gasteiger partial charge in [0.05, 0.1) is 19.7 Å². The summed E-state index contributed by atoms with van der Waals surface area (Å²) >= 11 is 3.44. The highest BCUT2D eigenvalue weighted by molar-refractivity contribution is 9.10. The van der Waals surface area contributed by atoms with Crippen LogP contribution in [0.3, 0.4) is 0 Å². The summed E-state index contributed by atoms with van der Waals surface area (Å²) in [6.45, 7) is 2.28. The Morgan fingerprint density at radius 2 is 2.00 bits per heavy atom. The average Bonchev–Trinajstić information content (AvgIpc) is 2.58. The van der Waals surface area contributed by atoms with Gasteiger partial charge >= 0.3 is 0 Å². The Balaban J connectivity index is 2.17. The van der Waals surface area contributed by atoms with Crippen LogP contribution in [0.25, 0.3) is 0 Å². The van der Waals surface area contributed by atoms with E-state index >= 15 is 0 Å². The van der Waals surface area contributed by atoms with Gasteiger partial charge in [-0.1, -0.05) is 28.1 Å². The van der Waals surface area contributed by atoms with E-state index in [2.05, 4.69) is 15.9 Å². The second-order valence-corrected chi connectivity index (χ2v) is 7.19. The van der Waals surface area contributed by atoms with Gasteiger partial charge in [0.25, 0.3) is 6.43 Å². The number of methoxy groups -OCH3 is 1. The highest BCUT2D eigenvalue weighted by atomic mass is 79.9. The number of fused-ring (bicyclic) bond motifs is 1. The number of alkyl halides is 2. The Bertz CT molecular complexity index is 782. The number of halogens is 3. The summed E-state index contributed by atoms with van der Waals surface area (Å²) in [5.41, 5.74) is 10.9. The van der Waals surface area contributed by atoms with E-state index in [1.165, 1.54) is 0 Å². The molecule has 3 rings (SSSR count). The molecule has 2 aromatic rings. The topological polar surface area (TPSA) is 38.5 Å². The van der Waals surface area contributed by atoms with E-state index in [4.69, 9.17) is 10.5 Å². The number of nitrogen functional groups attached to an aromatic ring is 1. The molecular formula is C19H21BrF2N2O. The maximum Gasteiger partial charge on any atom is 0.251 e. The first kappa shape index (κ1) is 18.1. The lowest BCUT2D eigenvalue weighted by atomic mass is 9.85. The first-order valence-electron chi connectivity index (χ1n) is 8.15. The molecule has 0 aliphatic carbocycles. The van der Waals surface area contributed by atoms with Crippen molar-refractivity contribution in [2.24, 2.45) is 0 Å². The van der Waals surface area contributed by atoms with Crippen molar-refractivity contribution >= 4 is 21.6 Å². The minimum Gasteiger partial charge on any atom is -0.496 e. The summed E-state index contributed by atoms with van der Waals surface area (Å²) in [4.78, 5) is 1.83. The zero-order valence-corrected chi connectivity index (χ0v) is 15.8. The summed E-state index contributed by atoms with van der Waals surface area (Å²) in [6, 6.07) is 9.26. The van der Waals surface area contributed by atoms with Gasteiger partial charge in [-0.25, -0.2) is 8.78 Å². The number of ether oxygens (including phenoxy) is 1. The molecule has 6 heteroatoms. The third-order valence-corrected chi connectivity index (χ3v) is 5.34. The van der Waals surface area contributed by atoms with Crippen molar-refractivity contribution in [2.45, 2.75) is 25.8 Å². The van der Waals surface area contributed by atoms with Crippen LogP contribution in [0.5, 0.6) is 5.75 Å². The van der Waals surface area contributed by atoms with Crippen LogP contribution in [0, 0.1) is 6.92 Å². The van der Waals surface area contributed by atoms with Crippen molar-refractivity contribution in [3.05, 3.63) is 57.1 Å². The molecule has 1 atom stereocenters. The summed E-state index contributed by atoms with van der Waals surface area (Å²) in [5, 5.41) is 0. The average molecular weight is 411 g/mol. The number of hydrogen-bond donors (Lipinski definition) is 1. The third kappa shape index (κ3) is 3.51. The van der Waals surface area contributed by atoms with Crippen LogP contribution in [-0.4, -0.2) is 31.5 Å². The van der Waals surface area contributed by atoms with Gasteiger partial charge in [0, 0.05) is 22.3 Å². The molecule has 1 heterocycles. The molecule has 0 aromatic heterocycles. The predicted molar refractivity (Wildman–Crippen MR) is 99.4 cm³/mol. The molecule has 0 saturated heterocycles. The van der Waals surface area contributed by atoms with E-state index in [9.17, 15) is 8.78 Å². The maximum atomic E-state index is 13.2. The van der Waals surface area contributed by atoms with Crippen molar-refractivity contribution < 1.29 is 13.5 Å². The monoisotopic (exact) mass is 410 g/mol. The van der Waals surface area contributed by atoms with Crippen LogP contribution in [0.1, 0.15) is 28.3 Å². The second kappa shape index (κ2) is 7.30. The molecule has 1 aliphatic heterocycles. The number of anilines is 1. The van der Waals surface area contributed by atoms with Crippen LogP contribution in [0.4, 0.5) is 14.5 Å². The molecule has 0 fully saturated rings. The van der Waals surface area contributed by atoms with E-state index < -0.39 is 6.43 Å². The Morgan fingerprint density at radius 1 is 1.28 bits per heavy atom. The van der Waals surface area contributed by atoms with Gasteiger partial charge in [0.2, 0.25) is 0 Å². The molecule has 0 saturated carbocycles. The van der Waals surface area contributed by atoms with Crippen molar-refractivity contribution in [1.29, 1.82) is 0 Å². The molecule has 1 aliphatic rings. The smallest absolute Gasteiger partial charge is 0.251 e. The second-order valence-electron chi connectivity index (χ2n) is 6.27. The molecule has 1 unspecified atom stereocenters. The zero-order valence-electron chi connectivity index (χ0n) is 14.2. The SMILES string of the molecule is COc1cc(Br)ccc1C1c2ccc(N)c(C)c2CCN1CC(F)F. The lowest BCUT2D eigenvalue weighted by molar-refractivity contribution is 0.0697. The standard InChI is InChI=1S/C19H21BrF2N2O/c1-11-13-7-8-24(10-18(21)22)19(14(13)5-6-16(11)23)15-4-3-12(20)9-17(15)25-2/h3-6,9,18-19H,7-8,10,23H2,1-2H3. The number of nitrogens with zero attached hydrogens (tertiary/aromatic N) is 1. The van der Waals surface area contributed by atoms with Gasteiger partial charge in [-0.05, 0) is 48.2 Å². The molecule has 0 spiro atoms. The molecule has 0 radical (unpaired) electrons. The van der Waals surface area contributed by atoms with Gasteiger partial charge in [-0.3, -0.25) is 4.90 Å². The lowest BCUT2D eigenvalue weighted by Gasteiger charge is -2.39. The molecular weight excluding hydrogens is 390 g/mol. The highest BCUT2D eigenvalue weighted by Crippen LogP contribution is 2.42. The van der Waals surface area contributed by atoms with Crippen molar-refractivity contribution in [3.8, 4) is 5.75 Å². The molecule has 0 bridgehead atoms. The number of benzene rings is 2. The van der Waals surface area contributed by atoms with Gasteiger partial charge in [-0.2, -0.15) is 0 Å². The van der Waals surface area contributed by atoms with Gasteiger partial charge < -0.3 is 10.5 Å². The largest absolute Gasteiger partial charge is 0.496 e. The molecule has 3 nitrogen and oxygen atoms in total. The fraction of sp³-hybridized carbons (Fsp3) is 0.368. The van der Waals surface area contributed by atoms with Crippen LogP contribution in [0.2, 0.25) is 0 Å². The highest BCUT2D eigenvalue weighted by Gasteiger charge is 2.33. The van der Waals surface area contributed by atoms with E-state index in [0.717, 1.165) is 32.4 Å². The molecule has 0 amide bonds. The lowest BCUT2D eigenvalue weighted by Crippen LogP contribution is -2.39. The Hall–Kier alpha value is -1.66. The summed E-state index contributed by atoms with van der Waals surface area (Å²) in [7, 11) is 1.60. The fourth-order valence-electron chi connectivity index (χ4n) is 3.61. The first-order valence-corrected chi connectivity index (χ1v) is 8.95. The zero-order chi connectivity index (χ0) is 18.1. The van der Waals surface area contributed by atoms with Crippen molar-refractivity contribution in [2.75, 3.05) is 25.9 Å². The van der Waals surface area contributed by atoms with Gasteiger partial charge in [0.1, 0.15) is 5.75 Å². The van der Waals surface area contributed by atoms with Gasteiger partial charge in [0.15, 0.2) is 0 Å². The number of hydrogen-bond acceptors (Lipinski definition) is 3. The summed E-state index contributed by atoms with van der Waals surface area (Å²) in [6.07, 6.45) is -1.67. The van der Waals surface area contributed by atoms with E-state index in [1.54, 1.807) is 7.11 Å². The Kier molecular flexibility index (Phi) is 5.29. The van der Waals surface area contributed by atoms with E-state index in [-0.39, 0.29) is 12.6 Å². The molecule has 2 N–H and O–H groups in total. The van der Waals surface area contributed by atoms with E-state index in [1.807, 2.05) is 42.2 Å². The molecule has 2 aromatic carbocycles. The fourth-order valence-corrected chi connectivity index (χ4v) is 3.95. The minimum absolute atomic E-state index is 0.271. The van der Waals surface area contributed by atoms with Crippen LogP contribution in [-0.2, 0) is 6.42 Å². The summed E-state index contributed by atoms with van der Waals surface area (Å²) in [5.74, 6) is 0.681. The maximum absolute atomic E-state index is 13.2. The molecule has 134 valence electrons. The minimum atomic E-state index is -2.39. The predicted octanol–water partition coefficient (Wildman–Crippen LogP) is 4.56. The number of nitrogens with two attached hydrogens (primary N) is 1. The summed E-state index contributed by atoms with van der Waals surface area (Å²) < 4.78 is 32.8. The van der Waals surface area contributed by atoms with Crippen molar-refractivity contribution in [3.63, 3.8) is 0 Å². The Morgan fingerprint density at radius 3 is 2.68 bits per heavy atom. The van der Waals surface area contributed by atoms with Crippen LogP contribution < -0.4 is 10.5 Å². The quantitative estimate of drug-likeness (QED) is 0.750. The Labute approximate surface area is 154 Å². The normalized spacial score (nSPS) is 17.6. The first-order chi connectivity index (χ1) is 11.9. The van der Waals surface area contributed by atoms with E-state index in [0.29, 0.717) is 18.7 Å².